The van der Waals surface area contributed by atoms with Crippen molar-refractivity contribution in [3.05, 3.63) is 78.4 Å². The molecule has 170 valence electrons. The van der Waals surface area contributed by atoms with Gasteiger partial charge in [0.15, 0.2) is 0 Å². The second-order valence-corrected chi connectivity index (χ2v) is 8.97. The van der Waals surface area contributed by atoms with Crippen LogP contribution in [0.5, 0.6) is 0 Å². The van der Waals surface area contributed by atoms with Crippen LogP contribution in [0.25, 0.3) is 22.4 Å². The average Bonchev–Trinajstić information content (AvgIpc) is 3.18. The summed E-state index contributed by atoms with van der Waals surface area (Å²) in [4.78, 5) is 15.0. The highest BCUT2D eigenvalue weighted by atomic mass is 32.2. The number of rotatable bonds is 8. The van der Waals surface area contributed by atoms with Crippen LogP contribution in [0.15, 0.2) is 77.7 Å². The van der Waals surface area contributed by atoms with Crippen LogP contribution in [0.4, 0.5) is 14.5 Å². The number of alkyl halides is 2. The Balaban J connectivity index is 1.55. The van der Waals surface area contributed by atoms with Gasteiger partial charge in [-0.1, -0.05) is 24.3 Å². The predicted octanol–water partition coefficient (Wildman–Crippen LogP) is 4.92. The summed E-state index contributed by atoms with van der Waals surface area (Å²) in [5.41, 5.74) is 2.12. The lowest BCUT2D eigenvalue weighted by molar-refractivity contribution is -0.136. The lowest BCUT2D eigenvalue weighted by atomic mass is 10.1. The fourth-order valence-electron chi connectivity index (χ4n) is 3.43. The number of benzene rings is 3. The summed E-state index contributed by atoms with van der Waals surface area (Å²) in [6.07, 6.45) is 0.254. The summed E-state index contributed by atoms with van der Waals surface area (Å²) < 4.78 is 56.0. The van der Waals surface area contributed by atoms with Crippen LogP contribution in [0.2, 0.25) is 0 Å². The Morgan fingerprint density at radius 3 is 2.30 bits per heavy atom. The largest absolute Gasteiger partial charge is 0.481 e. The molecule has 0 aliphatic rings. The topological polar surface area (TPSA) is 101 Å². The highest BCUT2D eigenvalue weighted by Crippen LogP contribution is 2.30. The number of aromatic nitrogens is 2. The number of aliphatic carboxylic acids is 1. The number of aryl methyl sites for hydroxylation is 1. The first kappa shape index (κ1) is 22.4. The number of halogens is 2. The minimum absolute atomic E-state index is 0.0187. The van der Waals surface area contributed by atoms with Crippen LogP contribution in [-0.2, 0) is 21.2 Å². The maximum atomic E-state index is 13.7. The zero-order valence-electron chi connectivity index (χ0n) is 17.2. The molecule has 33 heavy (non-hydrogen) atoms. The summed E-state index contributed by atoms with van der Waals surface area (Å²) in [7, 11) is -3.89. The zero-order chi connectivity index (χ0) is 23.6. The number of sulfonamides is 1. The molecule has 2 N–H and O–H groups in total. The monoisotopic (exact) mass is 471 g/mol. The highest BCUT2D eigenvalue weighted by molar-refractivity contribution is 7.92. The number of imidazole rings is 1. The van der Waals surface area contributed by atoms with Gasteiger partial charge in [0.25, 0.3) is 10.0 Å². The van der Waals surface area contributed by atoms with E-state index in [1.807, 2.05) is 0 Å². The first-order chi connectivity index (χ1) is 15.7. The molecule has 0 spiro atoms. The van der Waals surface area contributed by atoms with Crippen LogP contribution < -0.4 is 4.72 Å². The van der Waals surface area contributed by atoms with Gasteiger partial charge in [-0.15, -0.1) is 0 Å². The minimum atomic E-state index is -3.89. The number of anilines is 1. The highest BCUT2D eigenvalue weighted by Gasteiger charge is 2.19. The summed E-state index contributed by atoms with van der Waals surface area (Å²) in [6.45, 7) is -2.79. The molecule has 0 aliphatic heterocycles. The van der Waals surface area contributed by atoms with Gasteiger partial charge in [0, 0.05) is 17.7 Å². The molecule has 0 bridgehead atoms. The molecule has 0 amide bonds. The average molecular weight is 471 g/mol. The standard InChI is InChI=1S/C23H19F2N3O4S/c24-23(25)28-20-4-2-1-3-19(20)26-22(28)16-8-10-17(11-9-16)27-33(31,32)18-12-5-15(6-13-18)7-14-21(29)30/h1-6,8-13,23,27H,7,14H2,(H,29,30). The van der Waals surface area contributed by atoms with Crippen molar-refractivity contribution in [2.24, 2.45) is 0 Å². The molecule has 0 radical (unpaired) electrons. The summed E-state index contributed by atoms with van der Waals surface area (Å²) >= 11 is 0. The number of hydrogen-bond acceptors (Lipinski definition) is 4. The zero-order valence-corrected chi connectivity index (χ0v) is 18.0. The van der Waals surface area contributed by atoms with Gasteiger partial charge in [0.2, 0.25) is 0 Å². The lowest BCUT2D eigenvalue weighted by Gasteiger charge is -2.11. The molecule has 7 nitrogen and oxygen atoms in total. The summed E-state index contributed by atoms with van der Waals surface area (Å²) in [5.74, 6) is -0.849. The molecule has 0 saturated carbocycles. The molecular weight excluding hydrogens is 452 g/mol. The van der Waals surface area contributed by atoms with Crippen LogP contribution in [0.3, 0.4) is 0 Å². The van der Waals surface area contributed by atoms with E-state index in [0.717, 1.165) is 4.57 Å². The molecule has 0 fully saturated rings. The fraction of sp³-hybridized carbons (Fsp3) is 0.130. The first-order valence-electron chi connectivity index (χ1n) is 9.94. The van der Waals surface area contributed by atoms with Crippen molar-refractivity contribution in [3.8, 4) is 11.4 Å². The second kappa shape index (κ2) is 8.99. The van der Waals surface area contributed by atoms with Gasteiger partial charge in [-0.05, 0) is 60.5 Å². The molecule has 0 unspecified atom stereocenters. The van der Waals surface area contributed by atoms with E-state index >= 15 is 0 Å². The molecule has 0 aliphatic carbocycles. The third-order valence-corrected chi connectivity index (χ3v) is 6.44. The number of carboxylic acids is 1. The van der Waals surface area contributed by atoms with E-state index in [9.17, 15) is 22.0 Å². The van der Waals surface area contributed by atoms with Crippen molar-refractivity contribution in [3.63, 3.8) is 0 Å². The van der Waals surface area contributed by atoms with E-state index in [-0.39, 0.29) is 22.8 Å². The van der Waals surface area contributed by atoms with Gasteiger partial charge < -0.3 is 5.11 Å². The fourth-order valence-corrected chi connectivity index (χ4v) is 4.49. The Hall–Kier alpha value is -3.79. The van der Waals surface area contributed by atoms with Crippen LogP contribution in [0.1, 0.15) is 18.5 Å². The van der Waals surface area contributed by atoms with Crippen LogP contribution in [0, 0.1) is 0 Å². The number of nitrogens with zero attached hydrogens (tertiary/aromatic N) is 2. The SMILES string of the molecule is O=C(O)CCc1ccc(S(=O)(=O)Nc2ccc(-c3nc4ccccc4n3C(F)F)cc2)cc1. The normalized spacial score (nSPS) is 11.7. The van der Waals surface area contributed by atoms with E-state index < -0.39 is 22.5 Å². The van der Waals surface area contributed by atoms with Gasteiger partial charge in [-0.25, -0.2) is 13.4 Å². The quantitative estimate of drug-likeness (QED) is 0.380. The van der Waals surface area contributed by atoms with E-state index in [2.05, 4.69) is 9.71 Å². The third-order valence-electron chi connectivity index (χ3n) is 5.05. The van der Waals surface area contributed by atoms with E-state index in [1.54, 1.807) is 36.4 Å². The number of hydrogen-bond donors (Lipinski definition) is 2. The van der Waals surface area contributed by atoms with Gasteiger partial charge in [-0.3, -0.25) is 14.1 Å². The third kappa shape index (κ3) is 4.85. The second-order valence-electron chi connectivity index (χ2n) is 7.29. The van der Waals surface area contributed by atoms with Gasteiger partial charge >= 0.3 is 12.5 Å². The van der Waals surface area contributed by atoms with Crippen molar-refractivity contribution >= 4 is 32.7 Å². The number of fused-ring (bicyclic) bond motifs is 1. The van der Waals surface area contributed by atoms with Crippen molar-refractivity contribution in [1.29, 1.82) is 0 Å². The minimum Gasteiger partial charge on any atom is -0.481 e. The summed E-state index contributed by atoms with van der Waals surface area (Å²) in [5, 5.41) is 8.75. The maximum absolute atomic E-state index is 13.7. The van der Waals surface area contributed by atoms with Gasteiger partial charge in [0.1, 0.15) is 5.82 Å². The summed E-state index contributed by atoms with van der Waals surface area (Å²) in [6, 6.07) is 18.5. The first-order valence-corrected chi connectivity index (χ1v) is 11.4. The predicted molar refractivity (Wildman–Crippen MR) is 120 cm³/mol. The van der Waals surface area contributed by atoms with Crippen LogP contribution >= 0.6 is 0 Å². The van der Waals surface area contributed by atoms with Gasteiger partial charge in [-0.2, -0.15) is 8.78 Å². The van der Waals surface area contributed by atoms with E-state index in [0.29, 0.717) is 28.6 Å². The molecule has 4 aromatic rings. The molecular formula is C23H19F2N3O4S. The number of carbonyl (C=O) groups is 1. The Morgan fingerprint density at radius 2 is 1.67 bits per heavy atom. The Bertz CT molecular complexity index is 1400. The van der Waals surface area contributed by atoms with E-state index in [1.165, 1.54) is 36.4 Å². The van der Waals surface area contributed by atoms with Crippen molar-refractivity contribution < 1.29 is 27.1 Å². The molecule has 3 aromatic carbocycles. The molecule has 0 saturated heterocycles. The molecule has 1 heterocycles. The molecule has 10 heteroatoms. The van der Waals surface area contributed by atoms with E-state index in [4.69, 9.17) is 5.11 Å². The maximum Gasteiger partial charge on any atom is 0.320 e. The van der Waals surface area contributed by atoms with Gasteiger partial charge in [0.05, 0.1) is 15.9 Å². The van der Waals surface area contributed by atoms with Crippen molar-refractivity contribution in [1.82, 2.24) is 9.55 Å². The molecule has 1 aromatic heterocycles. The molecule has 0 atom stereocenters. The van der Waals surface area contributed by atoms with Crippen LogP contribution in [-0.4, -0.2) is 29.0 Å². The van der Waals surface area contributed by atoms with Crippen molar-refractivity contribution in [2.75, 3.05) is 4.72 Å². The smallest absolute Gasteiger partial charge is 0.320 e. The number of nitrogens with one attached hydrogen (secondary N) is 1. The Kier molecular flexibility index (Phi) is 6.10. The Morgan fingerprint density at radius 1 is 1.00 bits per heavy atom. The molecule has 4 rings (SSSR count). The Labute approximate surface area is 188 Å². The number of carboxylic acid groups (broad SMARTS) is 1. The van der Waals surface area contributed by atoms with Crippen molar-refractivity contribution in [2.45, 2.75) is 24.3 Å². The lowest BCUT2D eigenvalue weighted by Crippen LogP contribution is -2.13. The number of para-hydroxylation sites is 2.